The van der Waals surface area contributed by atoms with E-state index in [2.05, 4.69) is 14.9 Å². The fourth-order valence-electron chi connectivity index (χ4n) is 4.20. The Bertz CT molecular complexity index is 1130. The second kappa shape index (κ2) is 10.7. The van der Waals surface area contributed by atoms with Crippen LogP contribution in [-0.4, -0.2) is 50.9 Å². The number of aromatic nitrogens is 3. The van der Waals surface area contributed by atoms with Crippen molar-refractivity contribution < 1.29 is 24.6 Å². The number of nitrogens with zero attached hydrogens (tertiary/aromatic N) is 3. The van der Waals surface area contributed by atoms with Crippen LogP contribution in [0.1, 0.15) is 40.0 Å². The quantitative estimate of drug-likeness (QED) is 0.408. The highest BCUT2D eigenvalue weighted by atomic mass is 16.6. The predicted molar refractivity (Wildman–Crippen MR) is 122 cm³/mol. The fourth-order valence-corrected chi connectivity index (χ4v) is 4.20. The Kier molecular flexibility index (Phi) is 7.43. The average molecular weight is 466 g/mol. The van der Waals surface area contributed by atoms with E-state index in [4.69, 9.17) is 0 Å². The Balaban J connectivity index is 1.66. The van der Waals surface area contributed by atoms with Gasteiger partial charge in [-0.2, -0.15) is 5.10 Å². The lowest BCUT2D eigenvalue weighted by Crippen LogP contribution is -3.16. The molecule has 3 aromatic rings. The molecule has 0 saturated heterocycles. The van der Waals surface area contributed by atoms with E-state index in [-0.39, 0.29) is 17.8 Å². The number of rotatable bonds is 8. The SMILES string of the molecule is CONC(=O)C(O)C(Cc1ccccc1)[NH+]([O-])C(=O)c1cccnc1-n1cc2c(n1)CCCC2. The number of hydrogen-bond acceptors (Lipinski definition) is 7. The highest BCUT2D eigenvalue weighted by Crippen LogP contribution is 2.22. The number of carbonyl (C=O) groups is 2. The maximum Gasteiger partial charge on any atom is 0.348 e. The zero-order valence-electron chi connectivity index (χ0n) is 18.8. The summed E-state index contributed by atoms with van der Waals surface area (Å²) in [7, 11) is 1.22. The molecule has 10 nitrogen and oxygen atoms in total. The number of aliphatic hydroxyl groups is 1. The van der Waals surface area contributed by atoms with Gasteiger partial charge in [-0.05, 0) is 48.9 Å². The predicted octanol–water partition coefficient (Wildman–Crippen LogP) is 0.319. The molecule has 178 valence electrons. The van der Waals surface area contributed by atoms with Crippen molar-refractivity contribution in [3.63, 3.8) is 0 Å². The maximum absolute atomic E-state index is 13.4. The van der Waals surface area contributed by atoms with E-state index in [0.717, 1.165) is 36.9 Å². The lowest BCUT2D eigenvalue weighted by atomic mass is 9.99. The molecule has 0 saturated carbocycles. The normalized spacial score (nSPS) is 15.7. The van der Waals surface area contributed by atoms with Crippen molar-refractivity contribution >= 4 is 11.8 Å². The molecule has 2 heterocycles. The van der Waals surface area contributed by atoms with Crippen molar-refractivity contribution in [1.29, 1.82) is 0 Å². The van der Waals surface area contributed by atoms with Gasteiger partial charge in [-0.1, -0.05) is 30.3 Å². The number of aliphatic hydroxyl groups excluding tert-OH is 1. The van der Waals surface area contributed by atoms with Crippen molar-refractivity contribution in [2.75, 3.05) is 7.11 Å². The molecule has 3 unspecified atom stereocenters. The first kappa shape index (κ1) is 23.7. The monoisotopic (exact) mass is 465 g/mol. The summed E-state index contributed by atoms with van der Waals surface area (Å²) in [6.45, 7) is 0. The number of aryl methyl sites for hydroxylation is 2. The van der Waals surface area contributed by atoms with Crippen molar-refractivity contribution in [3.05, 3.63) is 82.4 Å². The molecule has 2 amide bonds. The first-order chi connectivity index (χ1) is 16.5. The largest absolute Gasteiger partial charge is 0.626 e. The van der Waals surface area contributed by atoms with Crippen LogP contribution in [0.25, 0.3) is 5.82 Å². The van der Waals surface area contributed by atoms with E-state index in [1.165, 1.54) is 24.1 Å². The van der Waals surface area contributed by atoms with Crippen molar-refractivity contribution in [3.8, 4) is 5.82 Å². The minimum Gasteiger partial charge on any atom is -0.626 e. The summed E-state index contributed by atoms with van der Waals surface area (Å²) in [6.07, 6.45) is 5.48. The third-order valence-electron chi connectivity index (χ3n) is 5.95. The summed E-state index contributed by atoms with van der Waals surface area (Å²) < 4.78 is 1.54. The van der Waals surface area contributed by atoms with Gasteiger partial charge in [-0.25, -0.2) is 19.9 Å². The fraction of sp³-hybridized carbons (Fsp3) is 0.333. The van der Waals surface area contributed by atoms with E-state index in [0.29, 0.717) is 5.56 Å². The molecule has 3 N–H and O–H groups in total. The number of pyridine rings is 1. The Morgan fingerprint density at radius 2 is 1.97 bits per heavy atom. The first-order valence-corrected chi connectivity index (χ1v) is 11.2. The molecule has 1 aliphatic carbocycles. The van der Waals surface area contributed by atoms with E-state index in [9.17, 15) is 19.9 Å². The number of hydrogen-bond donors (Lipinski definition) is 3. The zero-order chi connectivity index (χ0) is 24.1. The van der Waals surface area contributed by atoms with Crippen molar-refractivity contribution in [2.24, 2.45) is 0 Å². The second-order valence-electron chi connectivity index (χ2n) is 8.23. The number of fused-ring (bicyclic) bond motifs is 1. The third-order valence-corrected chi connectivity index (χ3v) is 5.95. The van der Waals surface area contributed by atoms with Gasteiger partial charge in [0.25, 0.3) is 5.91 Å². The summed E-state index contributed by atoms with van der Waals surface area (Å²) in [6, 6.07) is 10.6. The van der Waals surface area contributed by atoms with Gasteiger partial charge in [-0.15, -0.1) is 0 Å². The standard InChI is InChI=1S/C24H27N5O5/c1-34-27-23(31)21(30)20(14-16-8-3-2-4-9-16)29(33)24(32)18-11-7-13-25-22(18)28-15-17-10-5-6-12-19(17)26-28/h2-4,7-9,11,13,15,20-21,29-30H,5-6,10,12,14H2,1H3,(H,27,31). The molecule has 4 rings (SSSR count). The van der Waals surface area contributed by atoms with Gasteiger partial charge in [0.15, 0.2) is 11.9 Å². The molecule has 0 radical (unpaired) electrons. The smallest absolute Gasteiger partial charge is 0.348 e. The van der Waals surface area contributed by atoms with Crippen LogP contribution in [-0.2, 0) is 28.9 Å². The number of hydroxylamine groups is 3. The van der Waals surface area contributed by atoms with E-state index < -0.39 is 29.0 Å². The highest BCUT2D eigenvalue weighted by molar-refractivity contribution is 5.91. The van der Waals surface area contributed by atoms with Crippen LogP contribution < -0.4 is 10.5 Å². The minimum absolute atomic E-state index is 0.00459. The zero-order valence-corrected chi connectivity index (χ0v) is 18.8. The Labute approximate surface area is 196 Å². The number of benzene rings is 1. The van der Waals surface area contributed by atoms with Crippen molar-refractivity contribution in [2.45, 2.75) is 44.2 Å². The molecule has 34 heavy (non-hydrogen) atoms. The van der Waals surface area contributed by atoms with Crippen LogP contribution >= 0.6 is 0 Å². The molecule has 0 bridgehead atoms. The van der Waals surface area contributed by atoms with Crippen LogP contribution in [0.3, 0.4) is 0 Å². The molecule has 3 atom stereocenters. The minimum atomic E-state index is -1.78. The number of amides is 2. The molecule has 10 heteroatoms. The molecule has 1 aromatic carbocycles. The molecular weight excluding hydrogens is 438 g/mol. The topological polar surface area (TPSA) is 134 Å². The van der Waals surface area contributed by atoms with Gasteiger partial charge in [0.2, 0.25) is 0 Å². The van der Waals surface area contributed by atoms with Gasteiger partial charge in [0.1, 0.15) is 11.6 Å². The van der Waals surface area contributed by atoms with Crippen LogP contribution in [0.5, 0.6) is 0 Å². The molecule has 0 fully saturated rings. The summed E-state index contributed by atoms with van der Waals surface area (Å²) >= 11 is 0. The van der Waals surface area contributed by atoms with Gasteiger partial charge < -0.3 is 10.3 Å². The van der Waals surface area contributed by atoms with E-state index >= 15 is 0 Å². The molecule has 2 aromatic heterocycles. The summed E-state index contributed by atoms with van der Waals surface area (Å²) in [5, 5.41) is 27.7. The number of nitrogens with one attached hydrogen (secondary N) is 2. The summed E-state index contributed by atoms with van der Waals surface area (Å²) in [5.74, 6) is -1.51. The lowest BCUT2D eigenvalue weighted by Gasteiger charge is -2.32. The van der Waals surface area contributed by atoms with Crippen LogP contribution in [0.15, 0.2) is 54.9 Å². The Hall–Kier alpha value is -3.44. The third kappa shape index (κ3) is 5.05. The number of quaternary nitrogens is 1. The highest BCUT2D eigenvalue weighted by Gasteiger charge is 2.36. The average Bonchev–Trinajstić information content (AvgIpc) is 3.31. The molecular formula is C24H27N5O5. The first-order valence-electron chi connectivity index (χ1n) is 11.2. The summed E-state index contributed by atoms with van der Waals surface area (Å²) in [4.78, 5) is 34.6. The maximum atomic E-state index is 13.4. The second-order valence-corrected chi connectivity index (χ2v) is 8.23. The Morgan fingerprint density at radius 1 is 1.21 bits per heavy atom. The molecule has 0 aliphatic heterocycles. The molecule has 0 spiro atoms. The Morgan fingerprint density at radius 3 is 2.71 bits per heavy atom. The molecule has 1 aliphatic rings. The van der Waals surface area contributed by atoms with Gasteiger partial charge in [-0.3, -0.25) is 14.7 Å². The van der Waals surface area contributed by atoms with Gasteiger partial charge in [0.05, 0.1) is 12.8 Å². The number of carbonyl (C=O) groups excluding carboxylic acids is 2. The summed E-state index contributed by atoms with van der Waals surface area (Å²) in [5.41, 5.74) is 4.86. The van der Waals surface area contributed by atoms with E-state index in [1.807, 2.05) is 17.7 Å². The van der Waals surface area contributed by atoms with Crippen LogP contribution in [0.2, 0.25) is 0 Å². The van der Waals surface area contributed by atoms with Gasteiger partial charge >= 0.3 is 5.91 Å². The van der Waals surface area contributed by atoms with Gasteiger partial charge in [0, 0.05) is 18.8 Å². The van der Waals surface area contributed by atoms with Crippen molar-refractivity contribution in [1.82, 2.24) is 20.2 Å². The van der Waals surface area contributed by atoms with Crippen LogP contribution in [0, 0.1) is 5.21 Å². The lowest BCUT2D eigenvalue weighted by molar-refractivity contribution is -0.792. The van der Waals surface area contributed by atoms with Crippen LogP contribution in [0.4, 0.5) is 0 Å². The van der Waals surface area contributed by atoms with E-state index in [1.54, 1.807) is 30.3 Å².